The number of imidazole rings is 1. The van der Waals surface area contributed by atoms with Gasteiger partial charge in [0.05, 0.1) is 31.2 Å². The van der Waals surface area contributed by atoms with Crippen molar-refractivity contribution in [2.75, 3.05) is 19.8 Å². The highest BCUT2D eigenvalue weighted by Gasteiger charge is 2.46. The zero-order valence-corrected chi connectivity index (χ0v) is 23.1. The first-order valence-electron chi connectivity index (χ1n) is 13.8. The molecular weight excluding hydrogens is 510 g/mol. The number of carbonyl (C=O) groups excluding carboxylic acids is 2. The number of hydrogen-bond acceptors (Lipinski definition) is 7. The van der Waals surface area contributed by atoms with Gasteiger partial charge in [-0.05, 0) is 68.1 Å². The second kappa shape index (κ2) is 11.9. The smallest absolute Gasteiger partial charge is 0.295 e. The molecule has 1 fully saturated rings. The van der Waals surface area contributed by atoms with Gasteiger partial charge in [-0.3, -0.25) is 9.59 Å². The maximum Gasteiger partial charge on any atom is 0.295 e. The lowest BCUT2D eigenvalue weighted by Gasteiger charge is -2.26. The monoisotopic (exact) mass is 545 g/mol. The van der Waals surface area contributed by atoms with Crippen molar-refractivity contribution in [3.8, 4) is 17.2 Å². The van der Waals surface area contributed by atoms with Crippen LogP contribution in [0.4, 0.5) is 0 Å². The van der Waals surface area contributed by atoms with Crippen LogP contribution in [0.5, 0.6) is 17.2 Å². The first-order chi connectivity index (χ1) is 19.4. The number of amides is 1. The second-order valence-corrected chi connectivity index (χ2v) is 10.1. The fraction of sp³-hybridized carbons (Fsp3) is 0.387. The molecule has 1 amide bonds. The molecular formula is C31H35N3O6. The fourth-order valence-electron chi connectivity index (χ4n) is 5.32. The van der Waals surface area contributed by atoms with Crippen molar-refractivity contribution in [3.63, 3.8) is 0 Å². The van der Waals surface area contributed by atoms with E-state index in [1.54, 1.807) is 41.7 Å². The highest BCUT2D eigenvalue weighted by Crippen LogP contribution is 2.43. The van der Waals surface area contributed by atoms with Crippen LogP contribution in [-0.2, 0) is 22.6 Å². The summed E-state index contributed by atoms with van der Waals surface area (Å²) in [7, 11) is 0. The van der Waals surface area contributed by atoms with E-state index < -0.39 is 17.7 Å². The number of aliphatic hydroxyl groups is 1. The number of aliphatic hydroxyl groups excluding tert-OH is 1. The predicted octanol–water partition coefficient (Wildman–Crippen LogP) is 4.91. The number of ketones is 1. The molecule has 1 saturated heterocycles. The third-order valence-corrected chi connectivity index (χ3v) is 7.13. The molecule has 1 N–H and O–H groups in total. The van der Waals surface area contributed by atoms with Crippen molar-refractivity contribution in [2.24, 2.45) is 0 Å². The predicted molar refractivity (Wildman–Crippen MR) is 149 cm³/mol. The summed E-state index contributed by atoms with van der Waals surface area (Å²) < 4.78 is 19.5. The zero-order chi connectivity index (χ0) is 28.2. The molecule has 2 aliphatic rings. The number of aromatic nitrogens is 2. The Bertz CT molecular complexity index is 1410. The number of carbonyl (C=O) groups is 2. The van der Waals surface area contributed by atoms with Crippen molar-refractivity contribution < 1.29 is 28.9 Å². The Hall–Kier alpha value is -4.27. The average molecular weight is 546 g/mol. The van der Waals surface area contributed by atoms with Gasteiger partial charge in [0, 0.05) is 37.5 Å². The molecule has 0 spiro atoms. The van der Waals surface area contributed by atoms with Gasteiger partial charge in [-0.2, -0.15) is 0 Å². The number of aryl methyl sites for hydroxylation is 1. The van der Waals surface area contributed by atoms with E-state index in [1.807, 2.05) is 43.7 Å². The molecule has 40 heavy (non-hydrogen) atoms. The average Bonchev–Trinajstić information content (AvgIpc) is 3.66. The van der Waals surface area contributed by atoms with E-state index in [4.69, 9.17) is 14.2 Å². The molecule has 0 radical (unpaired) electrons. The highest BCUT2D eigenvalue weighted by molar-refractivity contribution is 6.46. The van der Waals surface area contributed by atoms with Gasteiger partial charge in [0.2, 0.25) is 0 Å². The van der Waals surface area contributed by atoms with Gasteiger partial charge in [-0.1, -0.05) is 13.0 Å². The summed E-state index contributed by atoms with van der Waals surface area (Å²) >= 11 is 0. The lowest BCUT2D eigenvalue weighted by Crippen LogP contribution is -2.31. The maximum atomic E-state index is 13.5. The lowest BCUT2D eigenvalue weighted by atomic mass is 9.94. The van der Waals surface area contributed by atoms with Crippen LogP contribution in [0.1, 0.15) is 56.3 Å². The normalized spacial score (nSPS) is 19.5. The number of rotatable bonds is 11. The van der Waals surface area contributed by atoms with Crippen molar-refractivity contribution in [1.29, 1.82) is 0 Å². The molecule has 5 rings (SSSR count). The van der Waals surface area contributed by atoms with E-state index in [0.717, 1.165) is 17.7 Å². The number of Topliss-reactive ketones (excluding diaryl/α,β-unsaturated/α-hetero) is 1. The Labute approximate surface area is 234 Å². The maximum absolute atomic E-state index is 13.5. The van der Waals surface area contributed by atoms with Gasteiger partial charge >= 0.3 is 0 Å². The zero-order valence-electron chi connectivity index (χ0n) is 23.1. The van der Waals surface area contributed by atoms with Crippen LogP contribution >= 0.6 is 0 Å². The molecule has 2 aliphatic heterocycles. The third kappa shape index (κ3) is 5.41. The molecule has 3 heterocycles. The lowest BCUT2D eigenvalue weighted by molar-refractivity contribution is -0.139. The van der Waals surface area contributed by atoms with Crippen molar-refractivity contribution in [2.45, 2.75) is 58.7 Å². The van der Waals surface area contributed by atoms with Gasteiger partial charge < -0.3 is 28.8 Å². The van der Waals surface area contributed by atoms with E-state index in [2.05, 4.69) is 4.98 Å². The van der Waals surface area contributed by atoms with Crippen molar-refractivity contribution in [1.82, 2.24) is 14.5 Å². The molecule has 210 valence electrons. The topological polar surface area (TPSA) is 103 Å². The van der Waals surface area contributed by atoms with Crippen LogP contribution in [0.15, 0.2) is 60.7 Å². The van der Waals surface area contributed by atoms with Gasteiger partial charge in [0.25, 0.3) is 11.7 Å². The minimum absolute atomic E-state index is 0.0406. The molecule has 1 aromatic heterocycles. The number of fused-ring (bicyclic) bond motifs is 1. The van der Waals surface area contributed by atoms with Crippen LogP contribution < -0.4 is 14.2 Å². The SMILES string of the molecule is CCCOc1ccc(C2C(=C(O)c3ccc4c(c3)CC(C)O4)C(=O)C(=O)N2CCCn2ccnc2)cc1OCC. The van der Waals surface area contributed by atoms with Crippen molar-refractivity contribution >= 4 is 17.4 Å². The summed E-state index contributed by atoms with van der Waals surface area (Å²) in [4.78, 5) is 32.5. The largest absolute Gasteiger partial charge is 0.507 e. The summed E-state index contributed by atoms with van der Waals surface area (Å²) in [5, 5.41) is 11.5. The van der Waals surface area contributed by atoms with Crippen LogP contribution in [-0.4, -0.2) is 57.1 Å². The number of likely N-dealkylation sites (tertiary alicyclic amines) is 1. The number of nitrogens with zero attached hydrogens (tertiary/aromatic N) is 3. The fourth-order valence-corrected chi connectivity index (χ4v) is 5.32. The number of hydrogen-bond donors (Lipinski definition) is 1. The first-order valence-corrected chi connectivity index (χ1v) is 13.8. The third-order valence-electron chi connectivity index (χ3n) is 7.13. The number of ether oxygens (including phenoxy) is 3. The van der Waals surface area contributed by atoms with Gasteiger partial charge in [-0.25, -0.2) is 4.98 Å². The van der Waals surface area contributed by atoms with E-state index >= 15 is 0 Å². The van der Waals surface area contributed by atoms with Gasteiger partial charge in [0.15, 0.2) is 11.5 Å². The molecule has 2 unspecified atom stereocenters. The van der Waals surface area contributed by atoms with E-state index in [9.17, 15) is 14.7 Å². The van der Waals surface area contributed by atoms with Gasteiger partial charge in [0.1, 0.15) is 17.6 Å². The molecule has 9 heteroatoms. The molecule has 0 bridgehead atoms. The minimum Gasteiger partial charge on any atom is -0.507 e. The second-order valence-electron chi connectivity index (χ2n) is 10.1. The van der Waals surface area contributed by atoms with Crippen LogP contribution in [0.25, 0.3) is 5.76 Å². The number of benzene rings is 2. The summed E-state index contributed by atoms with van der Waals surface area (Å²) in [5.41, 5.74) is 2.16. The molecule has 9 nitrogen and oxygen atoms in total. The Balaban J connectivity index is 1.56. The Morgan fingerprint density at radius 3 is 2.70 bits per heavy atom. The van der Waals surface area contributed by atoms with Crippen LogP contribution in [0.3, 0.4) is 0 Å². The standard InChI is InChI=1S/C31H35N3O6/c1-4-15-39-25-10-7-21(18-26(25)38-5-2)28-27(29(35)22-8-9-24-23(17-22)16-20(3)40-24)30(36)31(37)34(28)13-6-12-33-14-11-32-19-33/h7-11,14,17-20,28,35H,4-6,12-13,15-16H2,1-3H3. The Morgan fingerprint density at radius 2 is 1.95 bits per heavy atom. The minimum atomic E-state index is -0.786. The summed E-state index contributed by atoms with van der Waals surface area (Å²) in [6, 6.07) is 10.0. The molecule has 2 atom stereocenters. The molecule has 0 aliphatic carbocycles. The summed E-state index contributed by atoms with van der Waals surface area (Å²) in [6.45, 7) is 7.80. The van der Waals surface area contributed by atoms with Crippen LogP contribution in [0, 0.1) is 0 Å². The molecule has 3 aromatic rings. The van der Waals surface area contributed by atoms with E-state index in [0.29, 0.717) is 61.8 Å². The van der Waals surface area contributed by atoms with Crippen LogP contribution in [0.2, 0.25) is 0 Å². The summed E-state index contributed by atoms with van der Waals surface area (Å²) in [5.74, 6) is 0.342. The van der Waals surface area contributed by atoms with E-state index in [-0.39, 0.29) is 17.4 Å². The van der Waals surface area contributed by atoms with Gasteiger partial charge in [-0.15, -0.1) is 0 Å². The molecule has 2 aromatic carbocycles. The highest BCUT2D eigenvalue weighted by atomic mass is 16.5. The van der Waals surface area contributed by atoms with Crippen molar-refractivity contribution in [3.05, 3.63) is 77.4 Å². The first kappa shape index (κ1) is 27.3. The quantitative estimate of drug-likeness (QED) is 0.208. The Morgan fingerprint density at radius 1 is 1.10 bits per heavy atom. The summed E-state index contributed by atoms with van der Waals surface area (Å²) in [6.07, 6.45) is 7.46. The Kier molecular flexibility index (Phi) is 8.09. The van der Waals surface area contributed by atoms with E-state index in [1.165, 1.54) is 0 Å². The molecule has 0 saturated carbocycles.